The zero-order valence-electron chi connectivity index (χ0n) is 11.8. The average Bonchev–Trinajstić information content (AvgIpc) is 2.84. The van der Waals surface area contributed by atoms with Crippen LogP contribution < -0.4 is 5.32 Å². The minimum absolute atomic E-state index is 0.0451. The summed E-state index contributed by atoms with van der Waals surface area (Å²) in [6, 6.07) is -0.325. The standard InChI is InChI=1S/C12H14F3N5O2/c1-6(2)3-7(10(21)22)18-9-4-8(12(13,14)15)19-11-16-5-17-20(9)11/h4-7,18H,3H2,1-2H3,(H,21,22). The molecule has 0 aliphatic carbocycles. The Labute approximate surface area is 123 Å². The maximum absolute atomic E-state index is 12.8. The molecule has 0 amide bonds. The number of halogens is 3. The predicted octanol–water partition coefficient (Wildman–Crippen LogP) is 2.05. The number of nitrogens with one attached hydrogen (secondary N) is 1. The third-order valence-electron chi connectivity index (χ3n) is 2.87. The summed E-state index contributed by atoms with van der Waals surface area (Å²) in [6.07, 6.45) is -3.37. The number of aromatic nitrogens is 4. The first-order valence-corrected chi connectivity index (χ1v) is 6.46. The number of rotatable bonds is 5. The summed E-state index contributed by atoms with van der Waals surface area (Å²) in [4.78, 5) is 18.2. The molecule has 0 radical (unpaired) electrons. The van der Waals surface area contributed by atoms with Gasteiger partial charge in [-0.1, -0.05) is 13.8 Å². The van der Waals surface area contributed by atoms with E-state index in [-0.39, 0.29) is 23.9 Å². The molecule has 2 aromatic rings. The lowest BCUT2D eigenvalue weighted by molar-refractivity contribution is -0.141. The van der Waals surface area contributed by atoms with E-state index in [4.69, 9.17) is 0 Å². The first kappa shape index (κ1) is 16.0. The largest absolute Gasteiger partial charge is 0.480 e. The number of carboxylic acids is 1. The summed E-state index contributed by atoms with van der Waals surface area (Å²) < 4.78 is 39.6. The van der Waals surface area contributed by atoms with Gasteiger partial charge < -0.3 is 10.4 Å². The molecule has 0 saturated heterocycles. The van der Waals surface area contributed by atoms with Crippen LogP contribution in [0.2, 0.25) is 0 Å². The molecule has 7 nitrogen and oxygen atoms in total. The lowest BCUT2D eigenvalue weighted by Gasteiger charge is -2.18. The molecule has 0 saturated carbocycles. The van der Waals surface area contributed by atoms with Gasteiger partial charge in [0, 0.05) is 6.07 Å². The lowest BCUT2D eigenvalue weighted by Crippen LogP contribution is -2.32. The summed E-state index contributed by atoms with van der Waals surface area (Å²) in [5, 5.41) is 15.5. The summed E-state index contributed by atoms with van der Waals surface area (Å²) >= 11 is 0. The van der Waals surface area contributed by atoms with Crippen LogP contribution in [0.3, 0.4) is 0 Å². The van der Waals surface area contributed by atoms with Crippen molar-refractivity contribution in [3.8, 4) is 0 Å². The van der Waals surface area contributed by atoms with Crippen molar-refractivity contribution >= 4 is 17.6 Å². The highest BCUT2D eigenvalue weighted by Crippen LogP contribution is 2.29. The quantitative estimate of drug-likeness (QED) is 0.877. The Kier molecular flexibility index (Phi) is 4.20. The molecule has 0 fully saturated rings. The monoisotopic (exact) mass is 317 g/mol. The van der Waals surface area contributed by atoms with Gasteiger partial charge in [0.05, 0.1) is 0 Å². The first-order valence-electron chi connectivity index (χ1n) is 6.46. The minimum Gasteiger partial charge on any atom is -0.480 e. The Balaban J connectivity index is 2.44. The van der Waals surface area contributed by atoms with E-state index in [1.807, 2.05) is 13.8 Å². The number of anilines is 1. The van der Waals surface area contributed by atoms with E-state index in [0.29, 0.717) is 0 Å². The van der Waals surface area contributed by atoms with E-state index in [1.165, 1.54) is 0 Å². The number of hydrogen-bond donors (Lipinski definition) is 2. The topological polar surface area (TPSA) is 92.4 Å². The van der Waals surface area contributed by atoms with Crippen molar-refractivity contribution in [2.24, 2.45) is 5.92 Å². The second kappa shape index (κ2) is 5.78. The summed E-state index contributed by atoms with van der Waals surface area (Å²) in [6.45, 7) is 3.63. The maximum Gasteiger partial charge on any atom is 0.433 e. The molecule has 2 rings (SSSR count). The zero-order valence-corrected chi connectivity index (χ0v) is 11.8. The van der Waals surface area contributed by atoms with Crippen molar-refractivity contribution in [3.05, 3.63) is 18.1 Å². The number of aliphatic carboxylic acids is 1. The Morgan fingerprint density at radius 1 is 1.45 bits per heavy atom. The summed E-state index contributed by atoms with van der Waals surface area (Å²) in [5.74, 6) is -1.50. The van der Waals surface area contributed by atoms with Gasteiger partial charge in [-0.3, -0.25) is 0 Å². The van der Waals surface area contributed by atoms with Crippen LogP contribution in [0.1, 0.15) is 26.0 Å². The molecule has 2 aromatic heterocycles. The van der Waals surface area contributed by atoms with Crippen LogP contribution in [0, 0.1) is 5.92 Å². The molecular weight excluding hydrogens is 303 g/mol. The zero-order chi connectivity index (χ0) is 16.5. The molecule has 120 valence electrons. The molecule has 10 heteroatoms. The van der Waals surface area contributed by atoms with E-state index < -0.39 is 23.9 Å². The fraction of sp³-hybridized carbons (Fsp3) is 0.500. The van der Waals surface area contributed by atoms with E-state index >= 15 is 0 Å². The Morgan fingerprint density at radius 3 is 2.68 bits per heavy atom. The van der Waals surface area contributed by atoms with Gasteiger partial charge in [-0.05, 0) is 12.3 Å². The van der Waals surface area contributed by atoms with Gasteiger partial charge >= 0.3 is 12.1 Å². The highest BCUT2D eigenvalue weighted by molar-refractivity contribution is 5.77. The number of alkyl halides is 3. The van der Waals surface area contributed by atoms with Crippen molar-refractivity contribution in [1.82, 2.24) is 19.6 Å². The molecule has 1 atom stereocenters. The van der Waals surface area contributed by atoms with Gasteiger partial charge in [0.15, 0.2) is 5.69 Å². The molecule has 1 unspecified atom stereocenters. The number of carbonyl (C=O) groups is 1. The molecule has 2 N–H and O–H groups in total. The van der Waals surface area contributed by atoms with Gasteiger partial charge in [-0.15, -0.1) is 0 Å². The van der Waals surface area contributed by atoms with Crippen molar-refractivity contribution in [3.63, 3.8) is 0 Å². The highest BCUT2D eigenvalue weighted by atomic mass is 19.4. The van der Waals surface area contributed by atoms with Gasteiger partial charge in [0.25, 0.3) is 5.78 Å². The van der Waals surface area contributed by atoms with Crippen molar-refractivity contribution in [2.75, 3.05) is 5.32 Å². The second-order valence-corrected chi connectivity index (χ2v) is 5.16. The summed E-state index contributed by atoms with van der Waals surface area (Å²) in [7, 11) is 0. The Bertz CT molecular complexity index is 683. The van der Waals surface area contributed by atoms with Gasteiger partial charge in [0.1, 0.15) is 18.2 Å². The number of carboxylic acid groups (broad SMARTS) is 1. The molecule has 2 heterocycles. The number of fused-ring (bicyclic) bond motifs is 1. The molecule has 0 aromatic carbocycles. The molecule has 0 aliphatic rings. The van der Waals surface area contributed by atoms with E-state index in [9.17, 15) is 23.1 Å². The maximum atomic E-state index is 12.8. The number of nitrogens with zero attached hydrogens (tertiary/aromatic N) is 4. The fourth-order valence-corrected chi connectivity index (χ4v) is 1.93. The van der Waals surface area contributed by atoms with Crippen molar-refractivity contribution < 1.29 is 23.1 Å². The minimum atomic E-state index is -4.67. The smallest absolute Gasteiger partial charge is 0.433 e. The van der Waals surface area contributed by atoms with Crippen molar-refractivity contribution in [2.45, 2.75) is 32.5 Å². The molecule has 0 bridgehead atoms. The highest BCUT2D eigenvalue weighted by Gasteiger charge is 2.34. The first-order chi connectivity index (χ1) is 10.2. The van der Waals surface area contributed by atoms with Crippen LogP contribution >= 0.6 is 0 Å². The van der Waals surface area contributed by atoms with E-state index in [2.05, 4.69) is 20.4 Å². The summed E-state index contributed by atoms with van der Waals surface area (Å²) in [5.41, 5.74) is -1.16. The van der Waals surface area contributed by atoms with Crippen LogP contribution in [0.25, 0.3) is 5.78 Å². The van der Waals surface area contributed by atoms with Crippen LogP contribution in [-0.4, -0.2) is 36.7 Å². The van der Waals surface area contributed by atoms with E-state index in [1.54, 1.807) is 0 Å². The SMILES string of the molecule is CC(C)CC(Nc1cc(C(F)(F)F)nc2ncnn12)C(=O)O. The van der Waals surface area contributed by atoms with Gasteiger partial charge in [-0.2, -0.15) is 27.8 Å². The predicted molar refractivity (Wildman–Crippen MR) is 70.3 cm³/mol. The van der Waals surface area contributed by atoms with Crippen LogP contribution in [0.5, 0.6) is 0 Å². The van der Waals surface area contributed by atoms with E-state index in [0.717, 1.165) is 16.9 Å². The third kappa shape index (κ3) is 3.43. The molecular formula is C12H14F3N5O2. The molecule has 0 spiro atoms. The second-order valence-electron chi connectivity index (χ2n) is 5.16. The van der Waals surface area contributed by atoms with Gasteiger partial charge in [-0.25, -0.2) is 9.78 Å². The third-order valence-corrected chi connectivity index (χ3v) is 2.87. The van der Waals surface area contributed by atoms with Crippen molar-refractivity contribution in [1.29, 1.82) is 0 Å². The number of hydrogen-bond acceptors (Lipinski definition) is 5. The average molecular weight is 317 g/mol. The fourth-order valence-electron chi connectivity index (χ4n) is 1.93. The van der Waals surface area contributed by atoms with Crippen LogP contribution in [0.15, 0.2) is 12.4 Å². The van der Waals surface area contributed by atoms with Crippen LogP contribution in [0.4, 0.5) is 19.0 Å². The lowest BCUT2D eigenvalue weighted by atomic mass is 10.0. The van der Waals surface area contributed by atoms with Gasteiger partial charge in [0.2, 0.25) is 0 Å². The normalized spacial score (nSPS) is 13.5. The Hall–Kier alpha value is -2.39. The van der Waals surface area contributed by atoms with Crippen LogP contribution in [-0.2, 0) is 11.0 Å². The molecule has 22 heavy (non-hydrogen) atoms. The Morgan fingerprint density at radius 2 is 2.14 bits per heavy atom. The molecule has 0 aliphatic heterocycles.